The fourth-order valence-electron chi connectivity index (χ4n) is 1.35. The average molecular weight is 204 g/mol. The van der Waals surface area contributed by atoms with Crippen LogP contribution in [0.5, 0.6) is 0 Å². The summed E-state index contributed by atoms with van der Waals surface area (Å²) in [5, 5.41) is 8.45. The molecule has 3 heteroatoms. The van der Waals surface area contributed by atoms with E-state index in [1.807, 2.05) is 6.92 Å². The maximum atomic E-state index is 11.1. The van der Waals surface area contributed by atoms with Gasteiger partial charge in [0.1, 0.15) is 0 Å². The molecule has 1 rings (SSSR count). The first-order valence-electron chi connectivity index (χ1n) is 4.53. The Labute approximate surface area is 88.0 Å². The molecule has 0 aliphatic rings. The minimum absolute atomic E-state index is 0.0151. The first-order valence-corrected chi connectivity index (χ1v) is 4.53. The molecule has 0 heterocycles. The van der Waals surface area contributed by atoms with Gasteiger partial charge in [0.05, 0.1) is 0 Å². The number of rotatable bonds is 3. The largest absolute Gasteiger partial charge is 0.478 e. The molecule has 1 N–H and O–H groups in total. The van der Waals surface area contributed by atoms with Crippen molar-refractivity contribution in [1.82, 2.24) is 0 Å². The van der Waals surface area contributed by atoms with Gasteiger partial charge in [-0.2, -0.15) is 0 Å². The fraction of sp³-hybridized carbons (Fsp3) is 0.167. The van der Waals surface area contributed by atoms with Crippen molar-refractivity contribution in [2.24, 2.45) is 0 Å². The highest BCUT2D eigenvalue weighted by atomic mass is 16.4. The van der Waals surface area contributed by atoms with Crippen molar-refractivity contribution in [2.75, 3.05) is 0 Å². The van der Waals surface area contributed by atoms with Crippen molar-refractivity contribution in [2.45, 2.75) is 13.8 Å². The fourth-order valence-corrected chi connectivity index (χ4v) is 1.35. The molecule has 0 saturated carbocycles. The predicted octanol–water partition coefficient (Wildman–Crippen LogP) is 2.30. The highest BCUT2D eigenvalue weighted by Gasteiger charge is 2.03. The van der Waals surface area contributed by atoms with Gasteiger partial charge < -0.3 is 5.11 Å². The second kappa shape index (κ2) is 4.55. The van der Waals surface area contributed by atoms with E-state index >= 15 is 0 Å². The Balaban J connectivity index is 3.01. The first-order chi connectivity index (χ1) is 7.00. The van der Waals surface area contributed by atoms with E-state index in [4.69, 9.17) is 5.11 Å². The van der Waals surface area contributed by atoms with Crippen LogP contribution in [0.25, 0.3) is 6.08 Å². The number of aliphatic carboxylic acids is 1. The molecule has 0 atom stereocenters. The van der Waals surface area contributed by atoms with Crippen LogP contribution < -0.4 is 0 Å². The molecule has 1 aromatic carbocycles. The molecule has 0 amide bonds. The molecule has 0 spiro atoms. The third-order valence-electron chi connectivity index (χ3n) is 2.05. The van der Waals surface area contributed by atoms with Crippen LogP contribution >= 0.6 is 0 Å². The lowest BCUT2D eigenvalue weighted by molar-refractivity contribution is -0.131. The summed E-state index contributed by atoms with van der Waals surface area (Å²) in [7, 11) is 0. The van der Waals surface area contributed by atoms with Gasteiger partial charge in [-0.25, -0.2) is 4.79 Å². The van der Waals surface area contributed by atoms with Crippen LogP contribution in [0, 0.1) is 6.92 Å². The first kappa shape index (κ1) is 11.2. The lowest BCUT2D eigenvalue weighted by atomic mass is 10.0. The SMILES string of the molecule is CC(=O)c1ccc(C=CC(=O)O)cc1C. The van der Waals surface area contributed by atoms with E-state index in [1.54, 1.807) is 18.2 Å². The molecule has 0 aliphatic carbocycles. The summed E-state index contributed by atoms with van der Waals surface area (Å²) in [6.07, 6.45) is 2.57. The Morgan fingerprint density at radius 1 is 1.33 bits per heavy atom. The zero-order chi connectivity index (χ0) is 11.4. The number of hydrogen-bond donors (Lipinski definition) is 1. The van der Waals surface area contributed by atoms with Gasteiger partial charge in [-0.15, -0.1) is 0 Å². The number of aryl methyl sites for hydroxylation is 1. The lowest BCUT2D eigenvalue weighted by Gasteiger charge is -2.02. The normalized spacial score (nSPS) is 10.5. The highest BCUT2D eigenvalue weighted by Crippen LogP contribution is 2.12. The van der Waals surface area contributed by atoms with Crippen LogP contribution in [-0.4, -0.2) is 16.9 Å². The van der Waals surface area contributed by atoms with Gasteiger partial charge in [-0.3, -0.25) is 4.79 Å². The van der Waals surface area contributed by atoms with Crippen molar-refractivity contribution in [3.63, 3.8) is 0 Å². The smallest absolute Gasteiger partial charge is 0.328 e. The van der Waals surface area contributed by atoms with Crippen LogP contribution in [0.3, 0.4) is 0 Å². The van der Waals surface area contributed by atoms with Crippen LogP contribution in [0.15, 0.2) is 24.3 Å². The van der Waals surface area contributed by atoms with Crippen LogP contribution in [0.1, 0.15) is 28.4 Å². The van der Waals surface area contributed by atoms with E-state index in [9.17, 15) is 9.59 Å². The zero-order valence-corrected chi connectivity index (χ0v) is 8.65. The number of ketones is 1. The summed E-state index contributed by atoms with van der Waals surface area (Å²) in [6.45, 7) is 3.34. The van der Waals surface area contributed by atoms with Gasteiger partial charge in [-0.05, 0) is 31.1 Å². The molecule has 0 saturated heterocycles. The molecule has 0 unspecified atom stereocenters. The van der Waals surface area contributed by atoms with E-state index in [-0.39, 0.29) is 5.78 Å². The van der Waals surface area contributed by atoms with Gasteiger partial charge >= 0.3 is 5.97 Å². The van der Waals surface area contributed by atoms with Crippen molar-refractivity contribution >= 4 is 17.8 Å². The molecular formula is C12H12O3. The second-order valence-corrected chi connectivity index (χ2v) is 3.30. The molecule has 15 heavy (non-hydrogen) atoms. The van der Waals surface area contributed by atoms with Gasteiger partial charge in [0.15, 0.2) is 5.78 Å². The van der Waals surface area contributed by atoms with Crippen molar-refractivity contribution < 1.29 is 14.7 Å². The number of hydrogen-bond acceptors (Lipinski definition) is 2. The number of carbonyl (C=O) groups excluding carboxylic acids is 1. The topological polar surface area (TPSA) is 54.4 Å². The van der Waals surface area contributed by atoms with E-state index in [0.717, 1.165) is 17.2 Å². The van der Waals surface area contributed by atoms with Crippen LogP contribution in [0.4, 0.5) is 0 Å². The number of carboxylic acid groups (broad SMARTS) is 1. The molecule has 1 aromatic rings. The maximum Gasteiger partial charge on any atom is 0.328 e. The van der Waals surface area contributed by atoms with Crippen molar-refractivity contribution in [1.29, 1.82) is 0 Å². The Hall–Kier alpha value is -1.90. The van der Waals surface area contributed by atoms with Crippen LogP contribution in [0.2, 0.25) is 0 Å². The summed E-state index contributed by atoms with van der Waals surface area (Å²) in [5.74, 6) is -0.968. The van der Waals surface area contributed by atoms with Gasteiger partial charge in [0, 0.05) is 11.6 Å². The Kier molecular flexibility index (Phi) is 3.39. The minimum atomic E-state index is -0.983. The molecule has 78 valence electrons. The number of Topliss-reactive ketones (excluding diaryl/α,β-unsaturated/α-hetero) is 1. The van der Waals surface area contributed by atoms with Gasteiger partial charge in [0.25, 0.3) is 0 Å². The molecule has 0 bridgehead atoms. The number of benzene rings is 1. The number of carbonyl (C=O) groups is 2. The lowest BCUT2D eigenvalue weighted by Crippen LogP contribution is -1.96. The van der Waals surface area contributed by atoms with E-state index in [1.165, 1.54) is 13.0 Å². The Bertz CT molecular complexity index is 430. The summed E-state index contributed by atoms with van der Waals surface area (Å²) in [4.78, 5) is 21.4. The summed E-state index contributed by atoms with van der Waals surface area (Å²) >= 11 is 0. The Morgan fingerprint density at radius 3 is 2.47 bits per heavy atom. The molecule has 0 radical (unpaired) electrons. The van der Waals surface area contributed by atoms with Gasteiger partial charge in [-0.1, -0.05) is 18.2 Å². The third kappa shape index (κ3) is 3.06. The van der Waals surface area contributed by atoms with E-state index < -0.39 is 5.97 Å². The predicted molar refractivity (Wildman–Crippen MR) is 57.9 cm³/mol. The molecule has 3 nitrogen and oxygen atoms in total. The zero-order valence-electron chi connectivity index (χ0n) is 8.65. The minimum Gasteiger partial charge on any atom is -0.478 e. The van der Waals surface area contributed by atoms with Crippen molar-refractivity contribution in [3.8, 4) is 0 Å². The van der Waals surface area contributed by atoms with Crippen LogP contribution in [-0.2, 0) is 4.79 Å². The van der Waals surface area contributed by atoms with E-state index in [2.05, 4.69) is 0 Å². The van der Waals surface area contributed by atoms with Crippen molar-refractivity contribution in [3.05, 3.63) is 41.0 Å². The quantitative estimate of drug-likeness (QED) is 0.607. The van der Waals surface area contributed by atoms with E-state index in [0.29, 0.717) is 5.56 Å². The third-order valence-corrected chi connectivity index (χ3v) is 2.05. The monoisotopic (exact) mass is 204 g/mol. The average Bonchev–Trinajstić information content (AvgIpc) is 2.14. The summed E-state index contributed by atoms with van der Waals surface area (Å²) in [5.41, 5.74) is 2.30. The Morgan fingerprint density at radius 2 is 2.00 bits per heavy atom. The molecule has 0 fully saturated rings. The second-order valence-electron chi connectivity index (χ2n) is 3.30. The summed E-state index contributed by atoms with van der Waals surface area (Å²) in [6, 6.07) is 5.22. The van der Waals surface area contributed by atoms with Gasteiger partial charge in [0.2, 0.25) is 0 Å². The standard InChI is InChI=1S/C12H12O3/c1-8-7-10(4-6-12(14)15)3-5-11(8)9(2)13/h3-7H,1-2H3,(H,14,15). The molecular weight excluding hydrogens is 192 g/mol. The summed E-state index contributed by atoms with van der Waals surface area (Å²) < 4.78 is 0. The molecule has 0 aromatic heterocycles. The highest BCUT2D eigenvalue weighted by molar-refractivity contribution is 5.95. The number of carboxylic acids is 1. The molecule has 0 aliphatic heterocycles. The maximum absolute atomic E-state index is 11.1.